The van der Waals surface area contributed by atoms with Crippen LogP contribution in [0.2, 0.25) is 5.02 Å². The Labute approximate surface area is 180 Å². The smallest absolute Gasteiger partial charge is 0.325 e. The van der Waals surface area contributed by atoms with E-state index >= 15 is 0 Å². The number of carbonyl (C=O) groups excluding carboxylic acids is 1. The number of urea groups is 1. The molecule has 30 heavy (non-hydrogen) atoms. The molecule has 1 atom stereocenters. The van der Waals surface area contributed by atoms with Gasteiger partial charge in [0.05, 0.1) is 36.5 Å². The van der Waals surface area contributed by atoms with Crippen molar-refractivity contribution in [3.63, 3.8) is 0 Å². The van der Waals surface area contributed by atoms with Crippen molar-refractivity contribution in [3.05, 3.63) is 41.3 Å². The summed E-state index contributed by atoms with van der Waals surface area (Å²) in [6, 6.07) is 6.66. The number of hydrogen-bond donors (Lipinski definition) is 2. The number of aryl methyl sites for hydroxylation is 1. The van der Waals surface area contributed by atoms with Crippen LogP contribution in [-0.4, -0.2) is 59.9 Å². The molecular weight excluding hydrogens is 408 g/mol. The van der Waals surface area contributed by atoms with E-state index in [2.05, 4.69) is 31.6 Å². The lowest BCUT2D eigenvalue weighted by Crippen LogP contribution is -2.45. The Bertz CT molecular complexity index is 902. The van der Waals surface area contributed by atoms with Gasteiger partial charge in [-0.1, -0.05) is 11.6 Å². The highest BCUT2D eigenvalue weighted by Crippen LogP contribution is 2.28. The van der Waals surface area contributed by atoms with Gasteiger partial charge in [0.25, 0.3) is 0 Å². The Morgan fingerprint density at radius 2 is 2.27 bits per heavy atom. The molecule has 10 heteroatoms. The fourth-order valence-corrected chi connectivity index (χ4v) is 3.10. The lowest BCUT2D eigenvalue weighted by molar-refractivity contribution is -0.0471. The Balaban J connectivity index is 1.58. The van der Waals surface area contributed by atoms with Gasteiger partial charge in [0.2, 0.25) is 0 Å². The number of nitriles is 1. The highest BCUT2D eigenvalue weighted by atomic mass is 35.5. The van der Waals surface area contributed by atoms with Gasteiger partial charge < -0.3 is 14.8 Å². The molecule has 3 rings (SSSR count). The van der Waals surface area contributed by atoms with Crippen molar-refractivity contribution in [2.24, 2.45) is 0 Å². The maximum absolute atomic E-state index is 12.3. The molecule has 0 aliphatic carbocycles. The molecule has 2 aromatic rings. The van der Waals surface area contributed by atoms with Gasteiger partial charge in [0.15, 0.2) is 5.82 Å². The third-order valence-corrected chi connectivity index (χ3v) is 4.63. The normalized spacial score (nSPS) is 16.5. The summed E-state index contributed by atoms with van der Waals surface area (Å²) in [5.74, 6) is 0.804. The Morgan fingerprint density at radius 1 is 1.40 bits per heavy atom. The largest absolute Gasteiger partial charge is 0.489 e. The van der Waals surface area contributed by atoms with E-state index in [9.17, 15) is 4.79 Å². The van der Waals surface area contributed by atoms with Crippen LogP contribution in [0.3, 0.4) is 0 Å². The number of carbonyl (C=O) groups is 1. The predicted octanol–water partition coefficient (Wildman–Crippen LogP) is 3.08. The Hall–Kier alpha value is -2.93. The van der Waals surface area contributed by atoms with E-state index in [0.29, 0.717) is 55.0 Å². The first kappa shape index (κ1) is 21.8. The van der Waals surface area contributed by atoms with Crippen molar-refractivity contribution < 1.29 is 14.3 Å². The van der Waals surface area contributed by atoms with E-state index in [4.69, 9.17) is 26.3 Å². The zero-order valence-corrected chi connectivity index (χ0v) is 17.4. The van der Waals surface area contributed by atoms with E-state index in [0.717, 1.165) is 12.2 Å². The topological polar surface area (TPSA) is 112 Å². The van der Waals surface area contributed by atoms with Gasteiger partial charge in [-0.15, -0.1) is 0 Å². The minimum Gasteiger partial charge on any atom is -0.489 e. The van der Waals surface area contributed by atoms with E-state index < -0.39 is 6.03 Å². The second kappa shape index (κ2) is 10.7. The van der Waals surface area contributed by atoms with Gasteiger partial charge in [-0.3, -0.25) is 15.2 Å². The van der Waals surface area contributed by atoms with Crippen LogP contribution >= 0.6 is 11.6 Å². The lowest BCUT2D eigenvalue weighted by atomic mass is 10.2. The minimum absolute atomic E-state index is 0.127. The van der Waals surface area contributed by atoms with Gasteiger partial charge in [0.1, 0.15) is 18.5 Å². The number of anilines is 2. The van der Waals surface area contributed by atoms with Crippen molar-refractivity contribution in [1.29, 1.82) is 5.26 Å². The molecule has 9 nitrogen and oxygen atoms in total. The lowest BCUT2D eigenvalue weighted by Gasteiger charge is -2.32. The monoisotopic (exact) mass is 430 g/mol. The first-order valence-corrected chi connectivity index (χ1v) is 9.91. The summed E-state index contributed by atoms with van der Waals surface area (Å²) in [5.41, 5.74) is 1.18. The number of rotatable bonds is 7. The second-order valence-corrected chi connectivity index (χ2v) is 7.21. The summed E-state index contributed by atoms with van der Waals surface area (Å²) in [7, 11) is 0. The van der Waals surface area contributed by atoms with Crippen LogP contribution in [0.1, 0.15) is 12.1 Å². The summed E-state index contributed by atoms with van der Waals surface area (Å²) in [6.07, 6.45) is 3.40. The molecule has 2 amide bonds. The summed E-state index contributed by atoms with van der Waals surface area (Å²) in [6.45, 7) is 4.91. The summed E-state index contributed by atoms with van der Waals surface area (Å²) in [5, 5.41) is 14.6. The third-order valence-electron chi connectivity index (χ3n) is 4.40. The first-order valence-electron chi connectivity index (χ1n) is 9.53. The van der Waals surface area contributed by atoms with Crippen LogP contribution in [0.25, 0.3) is 0 Å². The molecule has 0 saturated carbocycles. The van der Waals surface area contributed by atoms with E-state index in [-0.39, 0.29) is 6.10 Å². The van der Waals surface area contributed by atoms with Crippen LogP contribution in [0.4, 0.5) is 16.3 Å². The minimum atomic E-state index is -0.489. The van der Waals surface area contributed by atoms with E-state index in [1.807, 2.05) is 6.92 Å². The fraction of sp³-hybridized carbons (Fsp3) is 0.400. The number of benzene rings is 1. The molecule has 0 radical (unpaired) electrons. The molecule has 1 saturated heterocycles. The molecular formula is C20H23ClN6O3. The molecule has 1 fully saturated rings. The van der Waals surface area contributed by atoms with Crippen LogP contribution < -0.4 is 15.4 Å². The van der Waals surface area contributed by atoms with Crippen LogP contribution in [0.15, 0.2) is 30.6 Å². The van der Waals surface area contributed by atoms with Crippen molar-refractivity contribution in [1.82, 2.24) is 14.9 Å². The van der Waals surface area contributed by atoms with Gasteiger partial charge in [0, 0.05) is 31.1 Å². The Morgan fingerprint density at radius 3 is 3.03 bits per heavy atom. The predicted molar refractivity (Wildman–Crippen MR) is 113 cm³/mol. The molecule has 1 aliphatic rings. The summed E-state index contributed by atoms with van der Waals surface area (Å²) >= 11 is 6.09. The number of nitrogens with zero attached hydrogens (tertiary/aromatic N) is 4. The standard InChI is InChI=1S/C20H23ClN6O3/c1-14-10-24-19(11-23-14)26-20(28)25-17-9-15(21)3-4-18(17)30-13-16-12-27(6-2-5-22)7-8-29-16/h3-4,9-11,16H,2,6-8,12-13H2,1H3,(H2,24,25,26,28). The SMILES string of the molecule is Cc1cnc(NC(=O)Nc2cc(Cl)ccc2OCC2CN(CCC#N)CCO2)cn1. The molecule has 0 bridgehead atoms. The van der Waals surface area contributed by atoms with Gasteiger partial charge in [-0.25, -0.2) is 9.78 Å². The molecule has 2 N–H and O–H groups in total. The highest BCUT2D eigenvalue weighted by molar-refractivity contribution is 6.31. The molecule has 2 heterocycles. The second-order valence-electron chi connectivity index (χ2n) is 6.78. The van der Waals surface area contributed by atoms with Crippen molar-refractivity contribution in [3.8, 4) is 11.8 Å². The summed E-state index contributed by atoms with van der Waals surface area (Å²) in [4.78, 5) is 22.7. The number of halogens is 1. The quantitative estimate of drug-likeness (QED) is 0.693. The molecule has 1 aromatic carbocycles. The fourth-order valence-electron chi connectivity index (χ4n) is 2.93. The zero-order valence-electron chi connectivity index (χ0n) is 16.6. The number of ether oxygens (including phenoxy) is 2. The maximum atomic E-state index is 12.3. The first-order chi connectivity index (χ1) is 14.5. The molecule has 1 unspecified atom stereocenters. The van der Waals surface area contributed by atoms with Crippen LogP contribution in [0.5, 0.6) is 5.75 Å². The number of hydrogen-bond acceptors (Lipinski definition) is 7. The van der Waals surface area contributed by atoms with Gasteiger partial charge in [-0.05, 0) is 25.1 Å². The number of aromatic nitrogens is 2. The average Bonchev–Trinajstić information content (AvgIpc) is 2.73. The summed E-state index contributed by atoms with van der Waals surface area (Å²) < 4.78 is 11.7. The van der Waals surface area contributed by atoms with Crippen LogP contribution in [0, 0.1) is 18.3 Å². The molecule has 0 spiro atoms. The molecule has 158 valence electrons. The van der Waals surface area contributed by atoms with Crippen LogP contribution in [-0.2, 0) is 4.74 Å². The number of nitrogens with one attached hydrogen (secondary N) is 2. The van der Waals surface area contributed by atoms with Gasteiger partial charge >= 0.3 is 6.03 Å². The van der Waals surface area contributed by atoms with Gasteiger partial charge in [-0.2, -0.15) is 5.26 Å². The van der Waals surface area contributed by atoms with Crippen molar-refractivity contribution in [2.75, 3.05) is 43.5 Å². The Kier molecular flexibility index (Phi) is 7.79. The van der Waals surface area contributed by atoms with Crippen molar-refractivity contribution in [2.45, 2.75) is 19.4 Å². The van der Waals surface area contributed by atoms with Crippen molar-refractivity contribution >= 4 is 29.1 Å². The average molecular weight is 431 g/mol. The highest BCUT2D eigenvalue weighted by Gasteiger charge is 2.21. The number of amides is 2. The zero-order chi connectivity index (χ0) is 21.3. The number of morpholine rings is 1. The molecule has 1 aromatic heterocycles. The molecule has 1 aliphatic heterocycles. The maximum Gasteiger partial charge on any atom is 0.325 e. The van der Waals surface area contributed by atoms with E-state index in [1.165, 1.54) is 6.20 Å². The third kappa shape index (κ3) is 6.56. The van der Waals surface area contributed by atoms with E-state index in [1.54, 1.807) is 24.4 Å².